The molecule has 0 bridgehead atoms. The van der Waals surface area contributed by atoms with Gasteiger partial charge in [-0.25, -0.2) is 9.18 Å². The highest BCUT2D eigenvalue weighted by molar-refractivity contribution is 7.17. The van der Waals surface area contributed by atoms with Crippen LogP contribution in [0.2, 0.25) is 0 Å². The minimum atomic E-state index is -0.737. The molecule has 0 saturated heterocycles. The van der Waals surface area contributed by atoms with Gasteiger partial charge in [-0.2, -0.15) is 0 Å². The van der Waals surface area contributed by atoms with Crippen LogP contribution in [0.5, 0.6) is 0 Å². The second-order valence-electron chi connectivity index (χ2n) is 6.96. The summed E-state index contributed by atoms with van der Waals surface area (Å²) in [6.45, 7) is 1.63. The number of nitrogens with two attached hydrogens (primary N) is 1. The number of fused-ring (bicyclic) bond motifs is 1. The van der Waals surface area contributed by atoms with Gasteiger partial charge in [0.15, 0.2) is 6.61 Å². The third-order valence-corrected chi connectivity index (χ3v) is 5.79. The Morgan fingerprint density at radius 2 is 2.17 bits per heavy atom. The number of halogens is 1. The minimum absolute atomic E-state index is 0.350. The van der Waals surface area contributed by atoms with Gasteiger partial charge in [-0.15, -0.1) is 11.3 Å². The maximum Gasteiger partial charge on any atom is 0.331 e. The molecule has 2 aromatic rings. The van der Waals surface area contributed by atoms with Crippen molar-refractivity contribution >= 4 is 40.2 Å². The fourth-order valence-corrected chi connectivity index (χ4v) is 4.65. The lowest BCUT2D eigenvalue weighted by Gasteiger charge is -2.18. The molecule has 8 heteroatoms. The zero-order valence-corrected chi connectivity index (χ0v) is 16.7. The zero-order chi connectivity index (χ0) is 21.0. The molecule has 1 aliphatic carbocycles. The second kappa shape index (κ2) is 9.00. The van der Waals surface area contributed by atoms with Crippen molar-refractivity contribution in [2.75, 3.05) is 11.9 Å². The summed E-state index contributed by atoms with van der Waals surface area (Å²) in [6.07, 6.45) is 5.06. The van der Waals surface area contributed by atoms with Crippen molar-refractivity contribution in [1.29, 1.82) is 0 Å². The lowest BCUT2D eigenvalue weighted by Crippen LogP contribution is -2.22. The van der Waals surface area contributed by atoms with E-state index >= 15 is 0 Å². The molecule has 0 saturated carbocycles. The highest BCUT2D eigenvalue weighted by Gasteiger charge is 2.27. The number of carbonyl (C=O) groups is 3. The van der Waals surface area contributed by atoms with E-state index in [0.717, 1.165) is 35.8 Å². The maximum absolute atomic E-state index is 13.1. The first-order valence-electron chi connectivity index (χ1n) is 9.18. The van der Waals surface area contributed by atoms with Crippen LogP contribution in [0.4, 0.5) is 9.39 Å². The Kier molecular flexibility index (Phi) is 6.43. The molecule has 2 amide bonds. The molecule has 3 rings (SSSR count). The van der Waals surface area contributed by atoms with E-state index in [1.807, 2.05) is 0 Å². The van der Waals surface area contributed by atoms with Crippen molar-refractivity contribution in [2.24, 2.45) is 11.7 Å². The Balaban J connectivity index is 1.59. The Morgan fingerprint density at radius 3 is 2.90 bits per heavy atom. The fourth-order valence-electron chi connectivity index (χ4n) is 3.22. The van der Waals surface area contributed by atoms with Crippen molar-refractivity contribution in [1.82, 2.24) is 0 Å². The molecule has 1 aliphatic rings. The zero-order valence-electron chi connectivity index (χ0n) is 15.9. The number of hydrogen-bond donors (Lipinski definition) is 2. The Morgan fingerprint density at radius 1 is 1.38 bits per heavy atom. The number of benzene rings is 1. The smallest absolute Gasteiger partial charge is 0.331 e. The van der Waals surface area contributed by atoms with Crippen LogP contribution in [0.3, 0.4) is 0 Å². The van der Waals surface area contributed by atoms with Crippen molar-refractivity contribution in [3.63, 3.8) is 0 Å². The predicted molar refractivity (Wildman–Crippen MR) is 109 cm³/mol. The van der Waals surface area contributed by atoms with Crippen molar-refractivity contribution in [2.45, 2.75) is 26.2 Å². The molecule has 1 aromatic carbocycles. The second-order valence-corrected chi connectivity index (χ2v) is 8.07. The van der Waals surface area contributed by atoms with Crippen LogP contribution in [-0.4, -0.2) is 24.4 Å². The highest BCUT2D eigenvalue weighted by atomic mass is 32.1. The highest BCUT2D eigenvalue weighted by Crippen LogP contribution is 2.39. The Hall–Kier alpha value is -3.00. The molecule has 0 spiro atoms. The van der Waals surface area contributed by atoms with Gasteiger partial charge in [-0.05, 0) is 54.5 Å². The van der Waals surface area contributed by atoms with E-state index in [1.54, 1.807) is 6.07 Å². The average molecular weight is 416 g/mol. The Bertz CT molecular complexity index is 983. The molecule has 1 atom stereocenters. The first-order valence-corrected chi connectivity index (χ1v) is 9.99. The molecule has 1 aromatic heterocycles. The van der Waals surface area contributed by atoms with E-state index in [2.05, 4.69) is 12.2 Å². The SMILES string of the molecule is C[C@@H]1CCc2c(sc(NC(=O)COC(=O)/C=C/c3cccc(F)c3)c2C(N)=O)C1. The summed E-state index contributed by atoms with van der Waals surface area (Å²) in [4.78, 5) is 36.9. The number of amides is 2. The number of esters is 1. The van der Waals surface area contributed by atoms with E-state index in [1.165, 1.54) is 35.6 Å². The van der Waals surface area contributed by atoms with Crippen LogP contribution in [0.15, 0.2) is 30.3 Å². The Labute approximate surface area is 171 Å². The summed E-state index contributed by atoms with van der Waals surface area (Å²) in [5, 5.41) is 3.02. The summed E-state index contributed by atoms with van der Waals surface area (Å²) in [5.74, 6) is -1.79. The summed E-state index contributed by atoms with van der Waals surface area (Å²) in [5.41, 5.74) is 7.27. The van der Waals surface area contributed by atoms with Crippen LogP contribution in [0, 0.1) is 11.7 Å². The van der Waals surface area contributed by atoms with Crippen molar-refractivity contribution in [3.8, 4) is 0 Å². The monoisotopic (exact) mass is 416 g/mol. The molecular weight excluding hydrogens is 395 g/mol. The largest absolute Gasteiger partial charge is 0.452 e. The molecule has 1 heterocycles. The predicted octanol–water partition coefficient (Wildman–Crippen LogP) is 3.31. The van der Waals surface area contributed by atoms with E-state index in [-0.39, 0.29) is 0 Å². The normalized spacial score (nSPS) is 15.7. The average Bonchev–Trinajstić information content (AvgIpc) is 3.01. The fraction of sp³-hybridized carbons (Fsp3) is 0.286. The molecule has 0 unspecified atom stereocenters. The van der Waals surface area contributed by atoms with Gasteiger partial charge in [0.25, 0.3) is 11.8 Å². The van der Waals surface area contributed by atoms with Crippen LogP contribution in [-0.2, 0) is 27.2 Å². The van der Waals surface area contributed by atoms with Gasteiger partial charge in [0.1, 0.15) is 10.8 Å². The van der Waals surface area contributed by atoms with Crippen LogP contribution >= 0.6 is 11.3 Å². The number of thiophene rings is 1. The van der Waals surface area contributed by atoms with Gasteiger partial charge < -0.3 is 15.8 Å². The lowest BCUT2D eigenvalue weighted by atomic mass is 9.88. The van der Waals surface area contributed by atoms with Crippen molar-refractivity contribution < 1.29 is 23.5 Å². The molecule has 3 N–H and O–H groups in total. The summed E-state index contributed by atoms with van der Waals surface area (Å²) in [6, 6.07) is 5.71. The number of carbonyl (C=O) groups excluding carboxylic acids is 3. The van der Waals surface area contributed by atoms with Crippen molar-refractivity contribution in [3.05, 3.63) is 57.7 Å². The molecule has 152 valence electrons. The summed E-state index contributed by atoms with van der Waals surface area (Å²) >= 11 is 1.34. The van der Waals surface area contributed by atoms with Gasteiger partial charge in [0, 0.05) is 11.0 Å². The van der Waals surface area contributed by atoms with Crippen LogP contribution in [0.25, 0.3) is 6.08 Å². The summed E-state index contributed by atoms with van der Waals surface area (Å²) in [7, 11) is 0. The van der Waals surface area contributed by atoms with Gasteiger partial charge in [0.05, 0.1) is 5.56 Å². The van der Waals surface area contributed by atoms with Gasteiger partial charge in [0.2, 0.25) is 0 Å². The quantitative estimate of drug-likeness (QED) is 0.558. The van der Waals surface area contributed by atoms with E-state index < -0.39 is 30.2 Å². The minimum Gasteiger partial charge on any atom is -0.452 e. The van der Waals surface area contributed by atoms with E-state index in [4.69, 9.17) is 10.5 Å². The van der Waals surface area contributed by atoms with Gasteiger partial charge >= 0.3 is 5.97 Å². The number of primary amides is 1. The molecule has 6 nitrogen and oxygen atoms in total. The maximum atomic E-state index is 13.1. The van der Waals surface area contributed by atoms with E-state index in [9.17, 15) is 18.8 Å². The number of hydrogen-bond acceptors (Lipinski definition) is 5. The number of nitrogens with one attached hydrogen (secondary N) is 1. The molecular formula is C21H21FN2O4S. The standard InChI is InChI=1S/C21H21FN2O4S/c1-12-5-7-15-16(9-12)29-21(19(15)20(23)27)24-17(25)11-28-18(26)8-6-13-3-2-4-14(22)10-13/h2-4,6,8,10,12H,5,7,9,11H2,1H3,(H2,23,27)(H,24,25)/b8-6+/t12-/m1/s1. The van der Waals surface area contributed by atoms with Gasteiger partial charge in [-0.3, -0.25) is 9.59 Å². The molecule has 0 radical (unpaired) electrons. The molecule has 29 heavy (non-hydrogen) atoms. The van der Waals surface area contributed by atoms with Crippen LogP contribution < -0.4 is 11.1 Å². The van der Waals surface area contributed by atoms with Gasteiger partial charge in [-0.1, -0.05) is 19.1 Å². The summed E-state index contributed by atoms with van der Waals surface area (Å²) < 4.78 is 18.0. The first kappa shape index (κ1) is 20.7. The van der Waals surface area contributed by atoms with Crippen LogP contribution in [0.1, 0.15) is 39.7 Å². The first-order chi connectivity index (χ1) is 13.8. The number of rotatable bonds is 6. The van der Waals surface area contributed by atoms with E-state index in [0.29, 0.717) is 22.0 Å². The third kappa shape index (κ3) is 5.29. The molecule has 0 fully saturated rings. The number of anilines is 1. The molecule has 0 aliphatic heterocycles. The number of ether oxygens (including phenoxy) is 1. The third-order valence-electron chi connectivity index (χ3n) is 4.62. The topological polar surface area (TPSA) is 98.5 Å². The lowest BCUT2D eigenvalue weighted by molar-refractivity contribution is -0.142.